The van der Waals surface area contributed by atoms with E-state index in [1.807, 2.05) is 54.8 Å². The van der Waals surface area contributed by atoms with Gasteiger partial charge in [0, 0.05) is 12.1 Å². The second kappa shape index (κ2) is 8.08. The molecule has 138 valence electrons. The number of hydrogen-bond acceptors (Lipinski definition) is 4. The summed E-state index contributed by atoms with van der Waals surface area (Å²) >= 11 is 6.18. The molecule has 0 aliphatic rings. The molecule has 0 aliphatic heterocycles. The van der Waals surface area contributed by atoms with E-state index in [2.05, 4.69) is 4.98 Å². The van der Waals surface area contributed by atoms with Crippen molar-refractivity contribution in [1.82, 2.24) is 9.55 Å². The number of aliphatic hydroxyl groups excluding tert-OH is 1. The third-order valence-electron chi connectivity index (χ3n) is 4.25. The van der Waals surface area contributed by atoms with Crippen LogP contribution in [0.25, 0.3) is 11.0 Å². The van der Waals surface area contributed by atoms with E-state index in [-0.39, 0.29) is 6.61 Å². The lowest BCUT2D eigenvalue weighted by Gasteiger charge is -2.16. The molecular weight excluding hydrogens is 352 g/mol. The van der Waals surface area contributed by atoms with Crippen LogP contribution in [-0.4, -0.2) is 34.5 Å². The van der Waals surface area contributed by atoms with Gasteiger partial charge in [0.2, 0.25) is 0 Å². The SMILES string of the molecule is COCc1nc2ccccc2n1C[C@@H](O)COc1cc(C)c(Cl)c(C)c1. The molecule has 0 radical (unpaired) electrons. The van der Waals surface area contributed by atoms with Crippen molar-refractivity contribution in [2.24, 2.45) is 0 Å². The second-order valence-electron chi connectivity index (χ2n) is 6.40. The molecule has 0 unspecified atom stereocenters. The number of ether oxygens (including phenoxy) is 2. The minimum atomic E-state index is -0.681. The molecule has 2 aromatic carbocycles. The summed E-state index contributed by atoms with van der Waals surface area (Å²) in [6, 6.07) is 11.6. The van der Waals surface area contributed by atoms with Gasteiger partial charge in [-0.1, -0.05) is 23.7 Å². The first kappa shape index (κ1) is 18.7. The second-order valence-corrected chi connectivity index (χ2v) is 6.77. The van der Waals surface area contributed by atoms with Crippen LogP contribution in [0.15, 0.2) is 36.4 Å². The van der Waals surface area contributed by atoms with Gasteiger partial charge in [0.15, 0.2) is 0 Å². The lowest BCUT2D eigenvalue weighted by atomic mass is 10.1. The van der Waals surface area contributed by atoms with Crippen LogP contribution in [-0.2, 0) is 17.9 Å². The van der Waals surface area contributed by atoms with Crippen LogP contribution in [0.4, 0.5) is 0 Å². The summed E-state index contributed by atoms with van der Waals surface area (Å²) in [6.45, 7) is 4.82. The third kappa shape index (κ3) is 4.01. The highest BCUT2D eigenvalue weighted by Gasteiger charge is 2.15. The molecule has 5 nitrogen and oxygen atoms in total. The van der Waals surface area contributed by atoms with Gasteiger partial charge in [-0.3, -0.25) is 0 Å². The molecule has 0 saturated carbocycles. The molecule has 1 atom stereocenters. The number of benzene rings is 2. The maximum absolute atomic E-state index is 10.5. The van der Waals surface area contributed by atoms with Crippen molar-refractivity contribution in [3.05, 3.63) is 58.4 Å². The molecule has 1 heterocycles. The first-order valence-corrected chi connectivity index (χ1v) is 8.88. The molecular formula is C20H23ClN2O3. The molecule has 6 heteroatoms. The molecule has 0 amide bonds. The minimum absolute atomic E-state index is 0.180. The van der Waals surface area contributed by atoms with Gasteiger partial charge in [-0.2, -0.15) is 0 Å². The first-order chi connectivity index (χ1) is 12.5. The van der Waals surface area contributed by atoms with Crippen LogP contribution in [0, 0.1) is 13.8 Å². The molecule has 1 aromatic heterocycles. The fourth-order valence-corrected chi connectivity index (χ4v) is 3.12. The summed E-state index contributed by atoms with van der Waals surface area (Å²) in [7, 11) is 1.63. The minimum Gasteiger partial charge on any atom is -0.491 e. The van der Waals surface area contributed by atoms with E-state index in [1.165, 1.54) is 0 Å². The Morgan fingerprint density at radius 3 is 2.58 bits per heavy atom. The highest BCUT2D eigenvalue weighted by atomic mass is 35.5. The smallest absolute Gasteiger partial charge is 0.136 e. The molecule has 0 fully saturated rings. The fraction of sp³-hybridized carbons (Fsp3) is 0.350. The number of imidazole rings is 1. The van der Waals surface area contributed by atoms with Gasteiger partial charge in [-0.15, -0.1) is 0 Å². The number of nitrogens with zero attached hydrogens (tertiary/aromatic N) is 2. The Morgan fingerprint density at radius 2 is 1.88 bits per heavy atom. The molecule has 3 rings (SSSR count). The number of fused-ring (bicyclic) bond motifs is 1. The van der Waals surface area contributed by atoms with Crippen LogP contribution >= 0.6 is 11.6 Å². The van der Waals surface area contributed by atoms with Crippen molar-refractivity contribution in [1.29, 1.82) is 0 Å². The average Bonchev–Trinajstić information content (AvgIpc) is 2.95. The highest BCUT2D eigenvalue weighted by Crippen LogP contribution is 2.26. The molecule has 26 heavy (non-hydrogen) atoms. The predicted octanol–water partition coefficient (Wildman–Crippen LogP) is 3.89. The quantitative estimate of drug-likeness (QED) is 0.681. The Hall–Kier alpha value is -2.08. The molecule has 0 spiro atoms. The maximum atomic E-state index is 10.5. The summed E-state index contributed by atoms with van der Waals surface area (Å²) in [5.41, 5.74) is 3.77. The van der Waals surface area contributed by atoms with Crippen molar-refractivity contribution < 1.29 is 14.6 Å². The first-order valence-electron chi connectivity index (χ1n) is 8.50. The number of aromatic nitrogens is 2. The Balaban J connectivity index is 1.73. The van der Waals surface area contributed by atoms with Crippen LogP contribution in [0.3, 0.4) is 0 Å². The lowest BCUT2D eigenvalue weighted by Crippen LogP contribution is -2.24. The number of rotatable bonds is 7. The number of halogens is 1. The Labute approximate surface area is 158 Å². The number of aryl methyl sites for hydroxylation is 2. The zero-order valence-corrected chi connectivity index (χ0v) is 16.0. The fourth-order valence-electron chi connectivity index (χ4n) is 3.01. The lowest BCUT2D eigenvalue weighted by molar-refractivity contribution is 0.0901. The van der Waals surface area contributed by atoms with Gasteiger partial charge in [0.1, 0.15) is 30.9 Å². The van der Waals surface area contributed by atoms with E-state index in [1.54, 1.807) is 7.11 Å². The van der Waals surface area contributed by atoms with E-state index in [0.29, 0.717) is 18.9 Å². The van der Waals surface area contributed by atoms with Crippen LogP contribution < -0.4 is 4.74 Å². The van der Waals surface area contributed by atoms with Crippen LogP contribution in [0.2, 0.25) is 5.02 Å². The van der Waals surface area contributed by atoms with Crippen LogP contribution in [0.1, 0.15) is 17.0 Å². The van der Waals surface area contributed by atoms with Crippen molar-refractivity contribution >= 4 is 22.6 Å². The largest absolute Gasteiger partial charge is 0.491 e. The summed E-state index contributed by atoms with van der Waals surface area (Å²) in [4.78, 5) is 4.58. The molecule has 3 aromatic rings. The monoisotopic (exact) mass is 374 g/mol. The van der Waals surface area contributed by atoms with E-state index in [0.717, 1.165) is 33.0 Å². The van der Waals surface area contributed by atoms with Crippen molar-refractivity contribution in [3.8, 4) is 5.75 Å². The van der Waals surface area contributed by atoms with Crippen molar-refractivity contribution in [2.45, 2.75) is 33.1 Å². The molecule has 0 saturated heterocycles. The standard InChI is InChI=1S/C20H23ClN2O3/c1-13-8-16(9-14(2)20(13)21)26-11-15(24)10-23-18-7-5-4-6-17(18)22-19(23)12-25-3/h4-9,15,24H,10-12H2,1-3H3/t15-/m1/s1. The summed E-state index contributed by atoms with van der Waals surface area (Å²) in [6.07, 6.45) is -0.681. The zero-order valence-electron chi connectivity index (χ0n) is 15.2. The van der Waals surface area contributed by atoms with Gasteiger partial charge in [-0.25, -0.2) is 4.98 Å². The molecule has 1 N–H and O–H groups in total. The highest BCUT2D eigenvalue weighted by molar-refractivity contribution is 6.32. The Bertz CT molecular complexity index is 884. The van der Waals surface area contributed by atoms with Gasteiger partial charge in [0.25, 0.3) is 0 Å². The van der Waals surface area contributed by atoms with Gasteiger partial charge in [-0.05, 0) is 49.2 Å². The summed E-state index contributed by atoms with van der Waals surface area (Å²) < 4.78 is 13.0. The van der Waals surface area contributed by atoms with Crippen molar-refractivity contribution in [3.63, 3.8) is 0 Å². The number of aliphatic hydroxyl groups is 1. The predicted molar refractivity (Wildman–Crippen MR) is 103 cm³/mol. The van der Waals surface area contributed by atoms with E-state index in [4.69, 9.17) is 21.1 Å². The summed E-state index contributed by atoms with van der Waals surface area (Å²) in [5.74, 6) is 1.49. The normalized spacial score (nSPS) is 12.5. The van der Waals surface area contributed by atoms with Gasteiger partial charge >= 0.3 is 0 Å². The number of para-hydroxylation sites is 2. The maximum Gasteiger partial charge on any atom is 0.136 e. The third-order valence-corrected chi connectivity index (χ3v) is 4.85. The Morgan fingerprint density at radius 1 is 1.19 bits per heavy atom. The van der Waals surface area contributed by atoms with E-state index in [9.17, 15) is 5.11 Å². The average molecular weight is 375 g/mol. The van der Waals surface area contributed by atoms with Gasteiger partial charge in [0.05, 0.1) is 17.6 Å². The molecule has 0 aliphatic carbocycles. The van der Waals surface area contributed by atoms with E-state index < -0.39 is 6.10 Å². The summed E-state index contributed by atoms with van der Waals surface area (Å²) in [5, 5.41) is 11.2. The molecule has 0 bridgehead atoms. The van der Waals surface area contributed by atoms with E-state index >= 15 is 0 Å². The number of hydrogen-bond donors (Lipinski definition) is 1. The van der Waals surface area contributed by atoms with Crippen molar-refractivity contribution in [2.75, 3.05) is 13.7 Å². The van der Waals surface area contributed by atoms with Crippen LogP contribution in [0.5, 0.6) is 5.75 Å². The zero-order chi connectivity index (χ0) is 18.7. The van der Waals surface area contributed by atoms with Gasteiger partial charge < -0.3 is 19.1 Å². The topological polar surface area (TPSA) is 56.5 Å². The Kier molecular flexibility index (Phi) is 5.81. The number of methoxy groups -OCH3 is 1.